The van der Waals surface area contributed by atoms with E-state index < -0.39 is 10.0 Å². The Hall–Kier alpha value is -2.45. The van der Waals surface area contributed by atoms with Gasteiger partial charge >= 0.3 is 0 Å². The van der Waals surface area contributed by atoms with Gasteiger partial charge < -0.3 is 9.80 Å². The van der Waals surface area contributed by atoms with Gasteiger partial charge in [-0.25, -0.2) is 13.4 Å². The van der Waals surface area contributed by atoms with Gasteiger partial charge in [-0.15, -0.1) is 0 Å². The zero-order valence-corrected chi connectivity index (χ0v) is 17.2. The number of benzene rings is 1. The molecule has 154 valence electrons. The fourth-order valence-corrected chi connectivity index (χ4v) is 5.33. The van der Waals surface area contributed by atoms with Gasteiger partial charge in [-0.1, -0.05) is 24.6 Å². The highest BCUT2D eigenvalue weighted by Crippen LogP contribution is 2.22. The van der Waals surface area contributed by atoms with E-state index in [1.165, 1.54) is 6.20 Å². The van der Waals surface area contributed by atoms with Gasteiger partial charge in [0.1, 0.15) is 10.7 Å². The van der Waals surface area contributed by atoms with Crippen LogP contribution in [-0.4, -0.2) is 67.8 Å². The van der Waals surface area contributed by atoms with Crippen LogP contribution in [-0.2, 0) is 10.0 Å². The highest BCUT2D eigenvalue weighted by atomic mass is 32.2. The highest BCUT2D eigenvalue weighted by Gasteiger charge is 2.27. The fourth-order valence-electron chi connectivity index (χ4n) is 3.87. The van der Waals surface area contributed by atoms with Crippen LogP contribution in [0.2, 0.25) is 0 Å². The molecule has 0 saturated carbocycles. The zero-order valence-electron chi connectivity index (χ0n) is 16.4. The van der Waals surface area contributed by atoms with Gasteiger partial charge in [0.05, 0.1) is 0 Å². The van der Waals surface area contributed by atoms with Crippen molar-refractivity contribution in [2.75, 3.05) is 44.2 Å². The lowest BCUT2D eigenvalue weighted by Crippen LogP contribution is -2.49. The lowest BCUT2D eigenvalue weighted by molar-refractivity contribution is 0.0746. The summed E-state index contributed by atoms with van der Waals surface area (Å²) in [5.74, 6) is 0.788. The average Bonchev–Trinajstić information content (AvgIpc) is 2.80. The number of amides is 1. The Balaban J connectivity index is 1.38. The predicted octanol–water partition coefficient (Wildman–Crippen LogP) is 2.22. The van der Waals surface area contributed by atoms with Crippen LogP contribution in [0.25, 0.3) is 0 Å². The summed E-state index contributed by atoms with van der Waals surface area (Å²) < 4.78 is 27.1. The molecule has 0 atom stereocenters. The van der Waals surface area contributed by atoms with E-state index in [9.17, 15) is 13.2 Å². The molecule has 0 bridgehead atoms. The zero-order chi connectivity index (χ0) is 20.3. The molecule has 0 aliphatic carbocycles. The number of nitrogens with zero attached hydrogens (tertiary/aromatic N) is 4. The topological polar surface area (TPSA) is 73.8 Å². The molecular formula is C21H26N4O3S. The number of anilines is 1. The lowest BCUT2D eigenvalue weighted by Gasteiger charge is -2.35. The van der Waals surface area contributed by atoms with Crippen LogP contribution >= 0.6 is 0 Å². The third kappa shape index (κ3) is 4.28. The molecule has 29 heavy (non-hydrogen) atoms. The third-order valence-electron chi connectivity index (χ3n) is 5.59. The van der Waals surface area contributed by atoms with E-state index in [1.807, 2.05) is 35.2 Å². The predicted molar refractivity (Wildman–Crippen MR) is 111 cm³/mol. The van der Waals surface area contributed by atoms with Crippen molar-refractivity contribution in [3.05, 3.63) is 54.2 Å². The molecule has 2 saturated heterocycles. The molecular weight excluding hydrogens is 388 g/mol. The Morgan fingerprint density at radius 3 is 2.14 bits per heavy atom. The normalized spacial score (nSPS) is 18.6. The molecule has 2 aromatic rings. The summed E-state index contributed by atoms with van der Waals surface area (Å²) >= 11 is 0. The van der Waals surface area contributed by atoms with Gasteiger partial charge in [-0.3, -0.25) is 4.79 Å². The van der Waals surface area contributed by atoms with E-state index in [2.05, 4.69) is 9.88 Å². The Morgan fingerprint density at radius 2 is 1.52 bits per heavy atom. The monoisotopic (exact) mass is 414 g/mol. The van der Waals surface area contributed by atoms with Crippen LogP contribution < -0.4 is 4.90 Å². The summed E-state index contributed by atoms with van der Waals surface area (Å²) in [6.45, 7) is 3.74. The van der Waals surface area contributed by atoms with Gasteiger partial charge in [0, 0.05) is 51.0 Å². The molecule has 2 aliphatic heterocycles. The lowest BCUT2D eigenvalue weighted by atomic mass is 10.2. The summed E-state index contributed by atoms with van der Waals surface area (Å²) in [7, 11) is -3.46. The minimum atomic E-state index is -3.46. The van der Waals surface area contributed by atoms with Crippen molar-refractivity contribution in [1.29, 1.82) is 0 Å². The van der Waals surface area contributed by atoms with Crippen molar-refractivity contribution in [3.8, 4) is 0 Å². The molecule has 4 rings (SSSR count). The maximum Gasteiger partial charge on any atom is 0.253 e. The first-order valence-corrected chi connectivity index (χ1v) is 11.6. The van der Waals surface area contributed by atoms with Crippen LogP contribution in [0.3, 0.4) is 0 Å². The highest BCUT2D eigenvalue weighted by molar-refractivity contribution is 7.89. The molecule has 8 heteroatoms. The molecule has 0 N–H and O–H groups in total. The van der Waals surface area contributed by atoms with Gasteiger partial charge in [0.25, 0.3) is 5.91 Å². The van der Waals surface area contributed by atoms with Crippen LogP contribution in [0, 0.1) is 0 Å². The first kappa shape index (κ1) is 19.8. The number of hydrogen-bond donors (Lipinski definition) is 0. The van der Waals surface area contributed by atoms with Crippen LogP contribution in [0.1, 0.15) is 29.6 Å². The van der Waals surface area contributed by atoms with Crippen molar-refractivity contribution < 1.29 is 13.2 Å². The summed E-state index contributed by atoms with van der Waals surface area (Å²) in [5, 5.41) is 0. The SMILES string of the molecule is O=C(c1ccccc1)N1CCN(c2ccc(S(=O)(=O)N3CCCCC3)cn2)CC1. The number of carbonyl (C=O) groups is 1. The van der Waals surface area contributed by atoms with Gasteiger partial charge in [0.15, 0.2) is 0 Å². The minimum Gasteiger partial charge on any atom is -0.353 e. The molecule has 1 aromatic heterocycles. The molecule has 0 unspecified atom stereocenters. The van der Waals surface area contributed by atoms with E-state index in [4.69, 9.17) is 0 Å². The van der Waals surface area contributed by atoms with Crippen LogP contribution in [0.15, 0.2) is 53.6 Å². The van der Waals surface area contributed by atoms with Crippen molar-refractivity contribution in [3.63, 3.8) is 0 Å². The second kappa shape index (κ2) is 8.51. The number of sulfonamides is 1. The largest absolute Gasteiger partial charge is 0.353 e. The maximum atomic E-state index is 12.8. The Bertz CT molecular complexity index is 934. The quantitative estimate of drug-likeness (QED) is 0.767. The van der Waals surface area contributed by atoms with Gasteiger partial charge in [-0.2, -0.15) is 4.31 Å². The Kier molecular flexibility index (Phi) is 5.82. The minimum absolute atomic E-state index is 0.0428. The van der Waals surface area contributed by atoms with Crippen molar-refractivity contribution >= 4 is 21.7 Å². The number of aromatic nitrogens is 1. The molecule has 1 amide bonds. The van der Waals surface area contributed by atoms with E-state index in [0.717, 1.165) is 25.1 Å². The number of rotatable bonds is 4. The van der Waals surface area contributed by atoms with Crippen molar-refractivity contribution in [2.24, 2.45) is 0 Å². The van der Waals surface area contributed by atoms with Crippen molar-refractivity contribution in [2.45, 2.75) is 24.2 Å². The smallest absolute Gasteiger partial charge is 0.253 e. The number of carbonyl (C=O) groups excluding carboxylic acids is 1. The number of piperidine rings is 1. The standard InChI is InChI=1S/C21H26N4O3S/c26-21(18-7-3-1-4-8-18)24-15-13-23(14-16-24)20-10-9-19(17-22-20)29(27,28)25-11-5-2-6-12-25/h1,3-4,7-10,17H,2,5-6,11-16H2. The molecule has 3 heterocycles. The van der Waals surface area contributed by atoms with E-state index in [-0.39, 0.29) is 10.8 Å². The van der Waals surface area contributed by atoms with Gasteiger partial charge in [0.2, 0.25) is 10.0 Å². The number of hydrogen-bond acceptors (Lipinski definition) is 5. The molecule has 1 aromatic carbocycles. The third-order valence-corrected chi connectivity index (χ3v) is 7.47. The van der Waals surface area contributed by atoms with Gasteiger partial charge in [-0.05, 0) is 37.1 Å². The van der Waals surface area contributed by atoms with Crippen molar-refractivity contribution in [1.82, 2.24) is 14.2 Å². The second-order valence-electron chi connectivity index (χ2n) is 7.46. The Labute approximate surface area is 172 Å². The van der Waals surface area contributed by atoms with E-state index >= 15 is 0 Å². The second-order valence-corrected chi connectivity index (χ2v) is 9.40. The first-order chi connectivity index (χ1) is 14.1. The van der Waals surface area contributed by atoms with Crippen LogP contribution in [0.4, 0.5) is 5.82 Å². The summed E-state index contributed by atoms with van der Waals surface area (Å²) in [6, 6.07) is 12.7. The summed E-state index contributed by atoms with van der Waals surface area (Å²) in [5.41, 5.74) is 0.700. The fraction of sp³-hybridized carbons (Fsp3) is 0.429. The molecule has 7 nitrogen and oxygen atoms in total. The summed E-state index contributed by atoms with van der Waals surface area (Å²) in [4.78, 5) is 21.2. The first-order valence-electron chi connectivity index (χ1n) is 10.1. The molecule has 2 fully saturated rings. The molecule has 2 aliphatic rings. The van der Waals surface area contributed by atoms with E-state index in [0.29, 0.717) is 44.8 Å². The Morgan fingerprint density at radius 1 is 0.828 bits per heavy atom. The van der Waals surface area contributed by atoms with Crippen LogP contribution in [0.5, 0.6) is 0 Å². The number of pyridine rings is 1. The molecule has 0 spiro atoms. The average molecular weight is 415 g/mol. The van der Waals surface area contributed by atoms with E-state index in [1.54, 1.807) is 16.4 Å². The summed E-state index contributed by atoms with van der Waals surface area (Å²) in [6.07, 6.45) is 4.37. The number of piperazine rings is 1. The molecule has 0 radical (unpaired) electrons. The maximum absolute atomic E-state index is 12.8.